The highest BCUT2D eigenvalue weighted by molar-refractivity contribution is 9.10. The van der Waals surface area contributed by atoms with Crippen molar-refractivity contribution in [3.63, 3.8) is 0 Å². The Balaban J connectivity index is 2.02. The number of anilines is 1. The number of benzene rings is 2. The van der Waals surface area contributed by atoms with Crippen molar-refractivity contribution in [1.29, 1.82) is 0 Å². The summed E-state index contributed by atoms with van der Waals surface area (Å²) in [5.74, 6) is 0.0784. The smallest absolute Gasteiger partial charge is 0.341 e. The normalized spacial score (nSPS) is 10.4. The molecule has 0 saturated carbocycles. The van der Waals surface area contributed by atoms with Gasteiger partial charge in [-0.3, -0.25) is 4.79 Å². The van der Waals surface area contributed by atoms with Gasteiger partial charge in [-0.1, -0.05) is 28.1 Å². The van der Waals surface area contributed by atoms with Crippen LogP contribution in [0.5, 0.6) is 11.5 Å². The average molecular weight is 490 g/mol. The molecule has 30 heavy (non-hydrogen) atoms. The Labute approximate surface area is 186 Å². The zero-order chi connectivity index (χ0) is 21.8. The van der Waals surface area contributed by atoms with E-state index in [1.807, 2.05) is 31.2 Å². The van der Waals surface area contributed by atoms with Crippen LogP contribution in [0.1, 0.15) is 25.6 Å². The van der Waals surface area contributed by atoms with E-state index < -0.39 is 5.97 Å². The fraction of sp³-hybridized carbons (Fsp3) is 0.182. The van der Waals surface area contributed by atoms with Gasteiger partial charge in [0.1, 0.15) is 10.6 Å². The number of carbonyl (C=O) groups excluding carboxylic acids is 2. The lowest BCUT2D eigenvalue weighted by atomic mass is 10.0. The van der Waals surface area contributed by atoms with E-state index in [9.17, 15) is 9.59 Å². The average Bonchev–Trinajstić information content (AvgIpc) is 3.08. The fourth-order valence-electron chi connectivity index (χ4n) is 3.05. The number of halogens is 1. The minimum atomic E-state index is -0.514. The van der Waals surface area contributed by atoms with Crippen molar-refractivity contribution in [3.8, 4) is 22.6 Å². The zero-order valence-electron chi connectivity index (χ0n) is 16.9. The number of rotatable bonds is 6. The second-order valence-corrected chi connectivity index (χ2v) is 8.40. The molecule has 0 unspecified atom stereocenters. The first kappa shape index (κ1) is 21.9. The number of thiophene rings is 1. The molecule has 0 aliphatic heterocycles. The van der Waals surface area contributed by atoms with Gasteiger partial charge in [-0.05, 0) is 42.8 Å². The van der Waals surface area contributed by atoms with E-state index in [-0.39, 0.29) is 5.91 Å². The molecule has 156 valence electrons. The van der Waals surface area contributed by atoms with Crippen molar-refractivity contribution < 1.29 is 23.8 Å². The Bertz CT molecular complexity index is 1090. The Kier molecular flexibility index (Phi) is 6.79. The lowest BCUT2D eigenvalue weighted by Gasteiger charge is -2.11. The molecule has 1 aromatic heterocycles. The van der Waals surface area contributed by atoms with Gasteiger partial charge in [0, 0.05) is 20.5 Å². The molecule has 8 heteroatoms. The van der Waals surface area contributed by atoms with E-state index in [1.54, 1.807) is 18.2 Å². The van der Waals surface area contributed by atoms with Crippen molar-refractivity contribution in [2.45, 2.75) is 6.92 Å². The van der Waals surface area contributed by atoms with Crippen LogP contribution < -0.4 is 14.8 Å². The quantitative estimate of drug-likeness (QED) is 0.460. The molecule has 0 aliphatic rings. The lowest BCUT2D eigenvalue weighted by Crippen LogP contribution is -2.14. The third kappa shape index (κ3) is 4.34. The topological polar surface area (TPSA) is 73.9 Å². The second-order valence-electron chi connectivity index (χ2n) is 6.26. The van der Waals surface area contributed by atoms with Gasteiger partial charge < -0.3 is 19.5 Å². The number of hydrogen-bond acceptors (Lipinski definition) is 6. The molecule has 0 fully saturated rings. The van der Waals surface area contributed by atoms with Crippen LogP contribution >= 0.6 is 27.3 Å². The highest BCUT2D eigenvalue weighted by Crippen LogP contribution is 2.41. The first-order valence-corrected chi connectivity index (χ1v) is 10.5. The highest BCUT2D eigenvalue weighted by atomic mass is 79.9. The zero-order valence-corrected chi connectivity index (χ0v) is 19.3. The Morgan fingerprint density at radius 1 is 0.967 bits per heavy atom. The van der Waals surface area contributed by atoms with Crippen LogP contribution in [-0.4, -0.2) is 33.2 Å². The van der Waals surface area contributed by atoms with Gasteiger partial charge in [0.25, 0.3) is 5.91 Å². The van der Waals surface area contributed by atoms with E-state index >= 15 is 0 Å². The first-order valence-electron chi connectivity index (χ1n) is 8.90. The Hall–Kier alpha value is -2.84. The van der Waals surface area contributed by atoms with E-state index in [0.717, 1.165) is 20.5 Å². The van der Waals surface area contributed by atoms with Gasteiger partial charge in [-0.25, -0.2) is 4.79 Å². The number of aryl methyl sites for hydroxylation is 1. The molecule has 2 aromatic carbocycles. The van der Waals surface area contributed by atoms with Crippen LogP contribution in [0.25, 0.3) is 11.1 Å². The largest absolute Gasteiger partial charge is 0.493 e. The van der Waals surface area contributed by atoms with E-state index in [4.69, 9.17) is 14.2 Å². The van der Waals surface area contributed by atoms with E-state index in [1.165, 1.54) is 32.7 Å². The maximum Gasteiger partial charge on any atom is 0.341 e. The standard InChI is InChI=1S/C22H20BrNO5S/c1-12-18(13-5-8-15(23)9-6-13)19(22(26)29-4)21(30-12)24-20(25)14-7-10-16(27-2)17(11-14)28-3/h5-11H,1-4H3,(H,24,25). The fourth-order valence-corrected chi connectivity index (χ4v) is 4.37. The number of carbonyl (C=O) groups is 2. The number of ether oxygens (including phenoxy) is 3. The molecular formula is C22H20BrNO5S. The summed E-state index contributed by atoms with van der Waals surface area (Å²) in [5.41, 5.74) is 2.30. The summed E-state index contributed by atoms with van der Waals surface area (Å²) < 4.78 is 16.4. The molecule has 0 bridgehead atoms. The first-order chi connectivity index (χ1) is 14.4. The van der Waals surface area contributed by atoms with Gasteiger partial charge in [-0.2, -0.15) is 0 Å². The van der Waals surface area contributed by atoms with Crippen LogP contribution in [0.3, 0.4) is 0 Å². The summed E-state index contributed by atoms with van der Waals surface area (Å²) >= 11 is 4.74. The molecule has 0 atom stereocenters. The molecule has 1 N–H and O–H groups in total. The molecule has 1 amide bonds. The van der Waals surface area contributed by atoms with Crippen LogP contribution in [0.4, 0.5) is 5.00 Å². The molecule has 3 rings (SSSR count). The van der Waals surface area contributed by atoms with Gasteiger partial charge in [0.05, 0.1) is 21.3 Å². The number of nitrogens with one attached hydrogen (secondary N) is 1. The monoisotopic (exact) mass is 489 g/mol. The van der Waals surface area contributed by atoms with Crippen molar-refractivity contribution in [3.05, 3.63) is 62.9 Å². The van der Waals surface area contributed by atoms with Crippen molar-refractivity contribution in [2.24, 2.45) is 0 Å². The van der Waals surface area contributed by atoms with Crippen LogP contribution in [-0.2, 0) is 4.74 Å². The van der Waals surface area contributed by atoms with E-state index in [0.29, 0.717) is 27.6 Å². The summed E-state index contributed by atoms with van der Waals surface area (Å²) in [6.07, 6.45) is 0. The maximum absolute atomic E-state index is 12.9. The summed E-state index contributed by atoms with van der Waals surface area (Å²) in [4.78, 5) is 26.4. The minimum absolute atomic E-state index is 0.330. The molecule has 0 saturated heterocycles. The highest BCUT2D eigenvalue weighted by Gasteiger charge is 2.25. The SMILES string of the molecule is COC(=O)c1c(NC(=O)c2ccc(OC)c(OC)c2)sc(C)c1-c1ccc(Br)cc1. The molecule has 0 radical (unpaired) electrons. The number of esters is 1. The van der Waals surface area contributed by atoms with Crippen LogP contribution in [0, 0.1) is 6.92 Å². The van der Waals surface area contributed by atoms with Crippen LogP contribution in [0.2, 0.25) is 0 Å². The second kappa shape index (κ2) is 9.32. The predicted molar refractivity (Wildman–Crippen MR) is 121 cm³/mol. The van der Waals surface area contributed by atoms with Gasteiger partial charge >= 0.3 is 5.97 Å². The van der Waals surface area contributed by atoms with Crippen LogP contribution in [0.15, 0.2) is 46.9 Å². The Morgan fingerprint density at radius 2 is 1.63 bits per heavy atom. The molecule has 6 nitrogen and oxygen atoms in total. The third-order valence-electron chi connectivity index (χ3n) is 4.48. The molecule has 0 aliphatic carbocycles. The van der Waals surface area contributed by atoms with Crippen molar-refractivity contribution in [2.75, 3.05) is 26.6 Å². The summed E-state index contributed by atoms with van der Waals surface area (Å²) in [6.45, 7) is 1.90. The minimum Gasteiger partial charge on any atom is -0.493 e. The van der Waals surface area contributed by atoms with Gasteiger partial charge in [-0.15, -0.1) is 11.3 Å². The molecule has 3 aromatic rings. The maximum atomic E-state index is 12.9. The lowest BCUT2D eigenvalue weighted by molar-refractivity contribution is 0.0603. The van der Waals surface area contributed by atoms with Gasteiger partial charge in [0.2, 0.25) is 0 Å². The molecule has 0 spiro atoms. The molecular weight excluding hydrogens is 470 g/mol. The number of hydrogen-bond donors (Lipinski definition) is 1. The van der Waals surface area contributed by atoms with Crippen molar-refractivity contribution in [1.82, 2.24) is 0 Å². The predicted octanol–water partition coefficient (Wildman–Crippen LogP) is 5.54. The summed E-state index contributed by atoms with van der Waals surface area (Å²) in [6, 6.07) is 12.5. The summed E-state index contributed by atoms with van der Waals surface area (Å²) in [7, 11) is 4.35. The number of amides is 1. The van der Waals surface area contributed by atoms with E-state index in [2.05, 4.69) is 21.2 Å². The number of methoxy groups -OCH3 is 3. The summed E-state index contributed by atoms with van der Waals surface area (Å²) in [5, 5.41) is 3.27. The Morgan fingerprint density at radius 3 is 2.23 bits per heavy atom. The molecule has 1 heterocycles. The van der Waals surface area contributed by atoms with Gasteiger partial charge in [0.15, 0.2) is 11.5 Å². The van der Waals surface area contributed by atoms with Crippen molar-refractivity contribution >= 4 is 44.1 Å². The third-order valence-corrected chi connectivity index (χ3v) is 6.03.